The summed E-state index contributed by atoms with van der Waals surface area (Å²) in [4.78, 5) is 17.3. The van der Waals surface area contributed by atoms with E-state index >= 15 is 0 Å². The predicted molar refractivity (Wildman–Crippen MR) is 135 cm³/mol. The first-order valence-electron chi connectivity index (χ1n) is 11.6. The van der Waals surface area contributed by atoms with Crippen LogP contribution in [0.3, 0.4) is 0 Å². The molecule has 1 aromatic heterocycles. The number of tetrazole rings is 1. The standard InChI is InChI=1S/C25H32N6O2S/c1-18-7-5-8-19(2)24(18)31-25(26-27-28-31)34-17-23(32)30(16-22-9-6-14-33-22)15-20-10-12-21(13-11-20)29(3)4/h5,7-8,10-13,22H,6,9,14-17H2,1-4H3/t22-/m1/s1. The van der Waals surface area contributed by atoms with Crippen LogP contribution in [0, 0.1) is 13.8 Å². The van der Waals surface area contributed by atoms with Gasteiger partial charge in [0.25, 0.3) is 0 Å². The first-order valence-corrected chi connectivity index (χ1v) is 12.5. The van der Waals surface area contributed by atoms with Crippen molar-refractivity contribution in [1.29, 1.82) is 0 Å². The molecule has 4 rings (SSSR count). The Kier molecular flexibility index (Phi) is 7.84. The maximum Gasteiger partial charge on any atom is 0.233 e. The number of anilines is 1. The molecule has 0 N–H and O–H groups in total. The molecule has 0 spiro atoms. The molecule has 1 saturated heterocycles. The molecule has 3 aromatic rings. The highest BCUT2D eigenvalue weighted by molar-refractivity contribution is 7.99. The summed E-state index contributed by atoms with van der Waals surface area (Å²) >= 11 is 1.37. The number of amides is 1. The SMILES string of the molecule is Cc1cccc(C)c1-n1nnnc1SCC(=O)N(Cc1ccc(N(C)C)cc1)C[C@H]1CCCO1. The van der Waals surface area contributed by atoms with Crippen molar-refractivity contribution in [3.05, 3.63) is 59.2 Å². The summed E-state index contributed by atoms with van der Waals surface area (Å²) in [5, 5.41) is 12.9. The zero-order valence-corrected chi connectivity index (χ0v) is 21.1. The Hall–Kier alpha value is -2.91. The maximum absolute atomic E-state index is 13.4. The molecule has 0 radical (unpaired) electrons. The largest absolute Gasteiger partial charge is 0.378 e. The number of thioether (sulfide) groups is 1. The molecule has 0 bridgehead atoms. The molecule has 1 atom stereocenters. The van der Waals surface area contributed by atoms with E-state index in [9.17, 15) is 4.79 Å². The average Bonchev–Trinajstić information content (AvgIpc) is 3.49. The van der Waals surface area contributed by atoms with Gasteiger partial charge < -0.3 is 14.5 Å². The molecule has 8 nitrogen and oxygen atoms in total. The van der Waals surface area contributed by atoms with Gasteiger partial charge >= 0.3 is 0 Å². The third-order valence-electron chi connectivity index (χ3n) is 6.04. The Morgan fingerprint density at radius 2 is 1.88 bits per heavy atom. The van der Waals surface area contributed by atoms with Gasteiger partial charge in [0, 0.05) is 39.5 Å². The maximum atomic E-state index is 13.4. The van der Waals surface area contributed by atoms with Crippen molar-refractivity contribution in [3.63, 3.8) is 0 Å². The third kappa shape index (κ3) is 5.77. The Morgan fingerprint density at radius 3 is 2.53 bits per heavy atom. The van der Waals surface area contributed by atoms with E-state index in [0.29, 0.717) is 18.2 Å². The number of benzene rings is 2. The minimum absolute atomic E-state index is 0.0493. The van der Waals surface area contributed by atoms with Gasteiger partial charge in [0.1, 0.15) is 0 Å². The van der Waals surface area contributed by atoms with E-state index in [2.05, 4.69) is 44.7 Å². The molecule has 1 aliphatic heterocycles. The number of aryl methyl sites for hydroxylation is 2. The molecule has 2 heterocycles. The topological polar surface area (TPSA) is 76.4 Å². The van der Waals surface area contributed by atoms with Crippen LogP contribution in [0.1, 0.15) is 29.5 Å². The summed E-state index contributed by atoms with van der Waals surface area (Å²) < 4.78 is 7.56. The van der Waals surface area contributed by atoms with E-state index in [-0.39, 0.29) is 17.8 Å². The molecule has 180 valence electrons. The first-order chi connectivity index (χ1) is 16.4. The molecule has 0 unspecified atom stereocenters. The fourth-order valence-electron chi connectivity index (χ4n) is 4.18. The number of para-hydroxylation sites is 1. The number of hydrogen-bond acceptors (Lipinski definition) is 7. The van der Waals surface area contributed by atoms with Gasteiger partial charge in [0.2, 0.25) is 11.1 Å². The highest BCUT2D eigenvalue weighted by atomic mass is 32.2. The van der Waals surface area contributed by atoms with Gasteiger partial charge in [0.05, 0.1) is 17.5 Å². The van der Waals surface area contributed by atoms with Crippen molar-refractivity contribution in [1.82, 2.24) is 25.1 Å². The van der Waals surface area contributed by atoms with Gasteiger partial charge in [-0.25, -0.2) is 0 Å². The second-order valence-corrected chi connectivity index (χ2v) is 9.82. The number of carbonyl (C=O) groups is 1. The van der Waals surface area contributed by atoms with Gasteiger partial charge in [-0.05, 0) is 65.9 Å². The molecule has 9 heteroatoms. The van der Waals surface area contributed by atoms with E-state index in [1.165, 1.54) is 11.8 Å². The second-order valence-electron chi connectivity index (χ2n) is 8.87. The molecule has 34 heavy (non-hydrogen) atoms. The Balaban J connectivity index is 1.47. The van der Waals surface area contributed by atoms with Crippen LogP contribution in [0.15, 0.2) is 47.6 Å². The minimum Gasteiger partial charge on any atom is -0.378 e. The van der Waals surface area contributed by atoms with Gasteiger partial charge in [-0.2, -0.15) is 4.68 Å². The third-order valence-corrected chi connectivity index (χ3v) is 6.95. The lowest BCUT2D eigenvalue weighted by Crippen LogP contribution is -2.38. The lowest BCUT2D eigenvalue weighted by molar-refractivity contribution is -0.130. The number of carbonyl (C=O) groups excluding carboxylic acids is 1. The van der Waals surface area contributed by atoms with Crippen LogP contribution < -0.4 is 4.90 Å². The Bertz CT molecular complexity index is 1090. The molecule has 1 aliphatic rings. The summed E-state index contributed by atoms with van der Waals surface area (Å²) in [6.07, 6.45) is 2.13. The van der Waals surface area contributed by atoms with Crippen LogP contribution in [-0.2, 0) is 16.1 Å². The molecular formula is C25H32N6O2S. The van der Waals surface area contributed by atoms with Gasteiger partial charge in [-0.1, -0.05) is 42.1 Å². The quantitative estimate of drug-likeness (QED) is 0.433. The number of aromatic nitrogens is 4. The molecule has 1 amide bonds. The lowest BCUT2D eigenvalue weighted by atomic mass is 10.1. The van der Waals surface area contributed by atoms with Crippen molar-refractivity contribution in [2.24, 2.45) is 0 Å². The summed E-state index contributed by atoms with van der Waals surface area (Å²) in [5.74, 6) is 0.307. The zero-order chi connectivity index (χ0) is 24.1. The summed E-state index contributed by atoms with van der Waals surface area (Å²) in [6, 6.07) is 14.4. The smallest absolute Gasteiger partial charge is 0.233 e. The van der Waals surface area contributed by atoms with Gasteiger partial charge in [-0.15, -0.1) is 5.10 Å². The normalized spacial score (nSPS) is 15.5. The van der Waals surface area contributed by atoms with Crippen molar-refractivity contribution < 1.29 is 9.53 Å². The van der Waals surface area contributed by atoms with E-state index in [1.54, 1.807) is 4.68 Å². The van der Waals surface area contributed by atoms with E-state index in [1.807, 2.05) is 51.0 Å². The van der Waals surface area contributed by atoms with Gasteiger partial charge in [0.15, 0.2) is 0 Å². The number of ether oxygens (including phenoxy) is 1. The average molecular weight is 481 g/mol. The van der Waals surface area contributed by atoms with E-state index < -0.39 is 0 Å². The molecule has 2 aromatic carbocycles. The van der Waals surface area contributed by atoms with Crippen molar-refractivity contribution in [3.8, 4) is 5.69 Å². The summed E-state index contributed by atoms with van der Waals surface area (Å²) in [6.45, 7) is 5.98. The van der Waals surface area contributed by atoms with Crippen LogP contribution in [0.5, 0.6) is 0 Å². The highest BCUT2D eigenvalue weighted by Gasteiger charge is 2.24. The van der Waals surface area contributed by atoms with Crippen LogP contribution in [0.2, 0.25) is 0 Å². The van der Waals surface area contributed by atoms with Gasteiger partial charge in [-0.3, -0.25) is 4.79 Å². The first kappa shape index (κ1) is 24.2. The van der Waals surface area contributed by atoms with Crippen LogP contribution in [-0.4, -0.2) is 70.1 Å². The zero-order valence-electron chi connectivity index (χ0n) is 20.3. The fourth-order valence-corrected chi connectivity index (χ4v) is 4.95. The monoisotopic (exact) mass is 480 g/mol. The Labute approximate surface area is 205 Å². The predicted octanol–water partition coefficient (Wildman–Crippen LogP) is 3.65. The number of nitrogens with zero attached hydrogens (tertiary/aromatic N) is 6. The fraction of sp³-hybridized carbons (Fsp3) is 0.440. The number of hydrogen-bond donors (Lipinski definition) is 0. The second kappa shape index (κ2) is 11.0. The summed E-state index contributed by atoms with van der Waals surface area (Å²) in [5.41, 5.74) is 5.36. The van der Waals surface area contributed by atoms with Crippen molar-refractivity contribution >= 4 is 23.4 Å². The van der Waals surface area contributed by atoms with Crippen molar-refractivity contribution in [2.75, 3.05) is 37.9 Å². The summed E-state index contributed by atoms with van der Waals surface area (Å²) in [7, 11) is 4.04. The Morgan fingerprint density at radius 1 is 1.15 bits per heavy atom. The van der Waals surface area contributed by atoms with Crippen LogP contribution in [0.4, 0.5) is 5.69 Å². The minimum atomic E-state index is 0.0493. The van der Waals surface area contributed by atoms with Crippen LogP contribution in [0.25, 0.3) is 5.69 Å². The molecular weight excluding hydrogens is 448 g/mol. The lowest BCUT2D eigenvalue weighted by Gasteiger charge is -2.26. The van der Waals surface area contributed by atoms with Crippen molar-refractivity contribution in [2.45, 2.75) is 44.5 Å². The molecule has 0 saturated carbocycles. The highest BCUT2D eigenvalue weighted by Crippen LogP contribution is 2.24. The number of rotatable bonds is 9. The molecule has 0 aliphatic carbocycles. The van der Waals surface area contributed by atoms with E-state index in [0.717, 1.165) is 47.5 Å². The van der Waals surface area contributed by atoms with E-state index in [4.69, 9.17) is 4.74 Å². The van der Waals surface area contributed by atoms with Crippen LogP contribution >= 0.6 is 11.8 Å². The molecule has 1 fully saturated rings.